The molecule has 50 valence electrons. The largest absolute Gasteiger partial charge is 0.333 e. The van der Waals surface area contributed by atoms with Crippen molar-refractivity contribution in [1.82, 2.24) is 5.32 Å². The van der Waals surface area contributed by atoms with E-state index in [9.17, 15) is 0 Å². The Balaban J connectivity index is 0.000000222. The molecule has 0 aliphatic carbocycles. The number of nitrogens with two attached hydrogens (primary N) is 1. The van der Waals surface area contributed by atoms with Crippen LogP contribution in [0, 0.1) is 0 Å². The van der Waals surface area contributed by atoms with Crippen LogP contribution in [-0.4, -0.2) is 20.1 Å². The molecule has 0 bridgehead atoms. The van der Waals surface area contributed by atoms with Crippen LogP contribution in [0.3, 0.4) is 0 Å². The molecule has 0 radical (unpaired) electrons. The predicted molar refractivity (Wildman–Crippen MR) is 36.8 cm³/mol. The molecule has 1 saturated heterocycles. The lowest BCUT2D eigenvalue weighted by Gasteiger charge is -2.08. The van der Waals surface area contributed by atoms with Gasteiger partial charge in [0.25, 0.3) is 0 Å². The minimum atomic E-state index is 1.25. The fourth-order valence-corrected chi connectivity index (χ4v) is 0.802. The van der Waals surface area contributed by atoms with E-state index in [1.165, 1.54) is 39.4 Å². The Morgan fingerprint density at radius 1 is 1.00 bits per heavy atom. The van der Waals surface area contributed by atoms with Crippen LogP contribution in [0.4, 0.5) is 0 Å². The Labute approximate surface area is 51.5 Å². The summed E-state index contributed by atoms with van der Waals surface area (Å²) >= 11 is 0. The number of piperidine rings is 1. The second kappa shape index (κ2) is 6.92. The van der Waals surface area contributed by atoms with Gasteiger partial charge in [-0.15, -0.1) is 0 Å². The third-order valence-electron chi connectivity index (χ3n) is 1.21. The van der Waals surface area contributed by atoms with Gasteiger partial charge in [-0.3, -0.25) is 0 Å². The lowest BCUT2D eigenvalue weighted by molar-refractivity contribution is 0.520. The first-order valence-electron chi connectivity index (χ1n) is 3.28. The van der Waals surface area contributed by atoms with Gasteiger partial charge < -0.3 is 11.1 Å². The molecule has 0 atom stereocenters. The summed E-state index contributed by atoms with van der Waals surface area (Å²) in [6.07, 6.45) is 4.22. The molecule has 0 aromatic carbocycles. The fourth-order valence-electron chi connectivity index (χ4n) is 0.802. The van der Waals surface area contributed by atoms with Crippen LogP contribution in [0.1, 0.15) is 19.3 Å². The Morgan fingerprint density at radius 3 is 1.62 bits per heavy atom. The van der Waals surface area contributed by atoms with Crippen LogP contribution in [-0.2, 0) is 0 Å². The van der Waals surface area contributed by atoms with Crippen LogP contribution in [0.2, 0.25) is 0 Å². The summed E-state index contributed by atoms with van der Waals surface area (Å²) in [5, 5.41) is 3.28. The zero-order valence-electron chi connectivity index (χ0n) is 5.61. The van der Waals surface area contributed by atoms with Crippen molar-refractivity contribution in [1.29, 1.82) is 0 Å². The molecule has 1 aliphatic rings. The SMILES string of the molecule is C1CCNCC1.CN. The average Bonchev–Trinajstić information content (AvgIpc) is 1.96. The third-order valence-corrected chi connectivity index (χ3v) is 1.21. The highest BCUT2D eigenvalue weighted by Crippen LogP contribution is 1.96. The zero-order valence-corrected chi connectivity index (χ0v) is 5.61. The monoisotopic (exact) mass is 116 g/mol. The first kappa shape index (κ1) is 7.92. The second-order valence-electron chi connectivity index (χ2n) is 1.81. The van der Waals surface area contributed by atoms with E-state index >= 15 is 0 Å². The standard InChI is InChI=1S/C5H11N.CH5N/c1-2-4-6-5-3-1;1-2/h6H,1-5H2;2H2,1H3. The van der Waals surface area contributed by atoms with Gasteiger partial charge in [-0.1, -0.05) is 6.42 Å². The number of rotatable bonds is 0. The maximum Gasteiger partial charge on any atom is -0.00489 e. The van der Waals surface area contributed by atoms with Crippen LogP contribution >= 0.6 is 0 Å². The van der Waals surface area contributed by atoms with Crippen molar-refractivity contribution in [2.75, 3.05) is 20.1 Å². The number of hydrogen-bond donors (Lipinski definition) is 2. The summed E-state index contributed by atoms with van der Waals surface area (Å²) in [5.41, 5.74) is 4.50. The molecule has 0 amide bonds. The molecule has 1 aliphatic heterocycles. The molecule has 0 aromatic rings. The second-order valence-corrected chi connectivity index (χ2v) is 1.81. The summed E-state index contributed by atoms with van der Waals surface area (Å²) in [6.45, 7) is 2.50. The summed E-state index contributed by atoms with van der Waals surface area (Å²) < 4.78 is 0. The van der Waals surface area contributed by atoms with Gasteiger partial charge in [-0.2, -0.15) is 0 Å². The van der Waals surface area contributed by atoms with E-state index in [4.69, 9.17) is 0 Å². The maximum absolute atomic E-state index is 4.50. The van der Waals surface area contributed by atoms with Crippen LogP contribution < -0.4 is 11.1 Å². The van der Waals surface area contributed by atoms with Crippen molar-refractivity contribution < 1.29 is 0 Å². The van der Waals surface area contributed by atoms with Gasteiger partial charge in [-0.25, -0.2) is 0 Å². The van der Waals surface area contributed by atoms with Gasteiger partial charge in [0, 0.05) is 0 Å². The lowest BCUT2D eigenvalue weighted by Crippen LogP contribution is -2.21. The third kappa shape index (κ3) is 4.09. The maximum atomic E-state index is 4.50. The smallest absolute Gasteiger partial charge is 0.00489 e. The van der Waals surface area contributed by atoms with Crippen LogP contribution in [0.15, 0.2) is 0 Å². The topological polar surface area (TPSA) is 38.0 Å². The first-order valence-corrected chi connectivity index (χ1v) is 3.28. The minimum absolute atomic E-state index is 1.25. The molecule has 1 fully saturated rings. The molecule has 1 rings (SSSR count). The zero-order chi connectivity index (χ0) is 6.24. The van der Waals surface area contributed by atoms with E-state index in [1.54, 1.807) is 0 Å². The van der Waals surface area contributed by atoms with E-state index in [1.807, 2.05) is 0 Å². The molecule has 8 heavy (non-hydrogen) atoms. The molecule has 1 heterocycles. The summed E-state index contributed by atoms with van der Waals surface area (Å²) in [7, 11) is 1.50. The van der Waals surface area contributed by atoms with Crippen molar-refractivity contribution in [3.05, 3.63) is 0 Å². The van der Waals surface area contributed by atoms with Gasteiger partial charge in [0.1, 0.15) is 0 Å². The minimum Gasteiger partial charge on any atom is -0.333 e. The quantitative estimate of drug-likeness (QED) is 0.479. The molecule has 3 N–H and O–H groups in total. The Kier molecular flexibility index (Phi) is 6.85. The van der Waals surface area contributed by atoms with Crippen molar-refractivity contribution in [2.45, 2.75) is 19.3 Å². The van der Waals surface area contributed by atoms with E-state index in [2.05, 4.69) is 11.1 Å². The number of nitrogens with one attached hydrogen (secondary N) is 1. The Morgan fingerprint density at radius 2 is 1.50 bits per heavy atom. The van der Waals surface area contributed by atoms with Gasteiger partial charge >= 0.3 is 0 Å². The molecular weight excluding hydrogens is 100 g/mol. The number of hydrogen-bond acceptors (Lipinski definition) is 2. The van der Waals surface area contributed by atoms with Crippen LogP contribution in [0.5, 0.6) is 0 Å². The van der Waals surface area contributed by atoms with Crippen molar-refractivity contribution in [3.63, 3.8) is 0 Å². The predicted octanol–water partition coefficient (Wildman–Crippen LogP) is 0.335. The van der Waals surface area contributed by atoms with Gasteiger partial charge in [-0.05, 0) is 33.0 Å². The van der Waals surface area contributed by atoms with Crippen molar-refractivity contribution >= 4 is 0 Å². The Bertz CT molecular complexity index is 22.0. The molecule has 2 nitrogen and oxygen atoms in total. The molecule has 2 heteroatoms. The highest BCUT2D eigenvalue weighted by molar-refractivity contribution is 4.55. The molecule has 0 aromatic heterocycles. The molecule has 0 spiro atoms. The highest BCUT2D eigenvalue weighted by atomic mass is 14.9. The van der Waals surface area contributed by atoms with E-state index in [-0.39, 0.29) is 0 Å². The average molecular weight is 116 g/mol. The molecule has 0 saturated carbocycles. The normalized spacial score (nSPS) is 18.8. The summed E-state index contributed by atoms with van der Waals surface area (Å²) in [5.74, 6) is 0. The van der Waals surface area contributed by atoms with Crippen molar-refractivity contribution in [3.8, 4) is 0 Å². The summed E-state index contributed by atoms with van der Waals surface area (Å²) in [4.78, 5) is 0. The fraction of sp³-hybridized carbons (Fsp3) is 1.00. The van der Waals surface area contributed by atoms with E-state index in [0.717, 1.165) is 0 Å². The van der Waals surface area contributed by atoms with Gasteiger partial charge in [0.2, 0.25) is 0 Å². The van der Waals surface area contributed by atoms with Gasteiger partial charge in [0.05, 0.1) is 0 Å². The Hall–Kier alpha value is -0.0800. The molecular formula is C6H16N2. The summed E-state index contributed by atoms with van der Waals surface area (Å²) in [6, 6.07) is 0. The molecule has 0 unspecified atom stereocenters. The van der Waals surface area contributed by atoms with E-state index < -0.39 is 0 Å². The van der Waals surface area contributed by atoms with E-state index in [0.29, 0.717) is 0 Å². The van der Waals surface area contributed by atoms with Crippen molar-refractivity contribution in [2.24, 2.45) is 5.73 Å². The lowest BCUT2D eigenvalue weighted by atomic mass is 10.2. The van der Waals surface area contributed by atoms with Crippen LogP contribution in [0.25, 0.3) is 0 Å². The van der Waals surface area contributed by atoms with Gasteiger partial charge in [0.15, 0.2) is 0 Å². The first-order chi connectivity index (χ1) is 4.00. The highest BCUT2D eigenvalue weighted by Gasteiger charge is 1.93.